The maximum atomic E-state index is 12.1. The molecular formula is C17H25NO3. The third kappa shape index (κ3) is 4.46. The lowest BCUT2D eigenvalue weighted by molar-refractivity contribution is -0.112. The normalized spacial score (nSPS) is 17.2. The summed E-state index contributed by atoms with van der Waals surface area (Å²) in [6.45, 7) is 2.30. The van der Waals surface area contributed by atoms with Gasteiger partial charge in [-0.1, -0.05) is 43.7 Å². The fourth-order valence-electron chi connectivity index (χ4n) is 2.93. The maximum Gasteiger partial charge on any atom is 0.434 e. The van der Waals surface area contributed by atoms with Gasteiger partial charge in [0.2, 0.25) is 0 Å². The van der Waals surface area contributed by atoms with Crippen LogP contribution in [0, 0.1) is 0 Å². The van der Waals surface area contributed by atoms with E-state index in [1.165, 1.54) is 6.42 Å². The minimum atomic E-state index is -0.616. The molecule has 1 aromatic carbocycles. The van der Waals surface area contributed by atoms with Gasteiger partial charge in [0.15, 0.2) is 0 Å². The molecule has 0 spiro atoms. The van der Waals surface area contributed by atoms with E-state index in [2.05, 4.69) is 0 Å². The van der Waals surface area contributed by atoms with Gasteiger partial charge in [-0.15, -0.1) is 0 Å². The Kier molecular flexibility index (Phi) is 5.62. The van der Waals surface area contributed by atoms with E-state index in [-0.39, 0.29) is 12.1 Å². The molecule has 2 rings (SSSR count). The number of carbonyl (C=O) groups is 1. The van der Waals surface area contributed by atoms with E-state index in [9.17, 15) is 10.0 Å². The summed E-state index contributed by atoms with van der Waals surface area (Å²) >= 11 is 0. The molecule has 0 bridgehead atoms. The lowest BCUT2D eigenvalue weighted by Crippen LogP contribution is -2.41. The fraction of sp³-hybridized carbons (Fsp3) is 0.588. The number of ether oxygens (including phenoxy) is 1. The van der Waals surface area contributed by atoms with Gasteiger partial charge in [0, 0.05) is 0 Å². The van der Waals surface area contributed by atoms with Gasteiger partial charge in [0.05, 0.1) is 6.54 Å². The molecule has 116 valence electrons. The van der Waals surface area contributed by atoms with Crippen molar-refractivity contribution in [3.63, 3.8) is 0 Å². The third-order valence-corrected chi connectivity index (χ3v) is 4.38. The van der Waals surface area contributed by atoms with Crippen LogP contribution in [0.1, 0.15) is 51.0 Å². The molecule has 1 aliphatic carbocycles. The van der Waals surface area contributed by atoms with E-state index in [0.717, 1.165) is 37.7 Å². The minimum Gasteiger partial charge on any atom is -0.441 e. The monoisotopic (exact) mass is 291 g/mol. The Hall–Kier alpha value is -1.55. The zero-order valence-corrected chi connectivity index (χ0v) is 12.8. The van der Waals surface area contributed by atoms with Crippen molar-refractivity contribution >= 4 is 6.09 Å². The first-order chi connectivity index (χ1) is 10.2. The topological polar surface area (TPSA) is 49.8 Å². The minimum absolute atomic E-state index is 0.253. The van der Waals surface area contributed by atoms with Crippen LogP contribution in [0.2, 0.25) is 0 Å². The Balaban J connectivity index is 1.84. The van der Waals surface area contributed by atoms with Crippen molar-refractivity contribution < 1.29 is 14.7 Å². The Morgan fingerprint density at radius 2 is 1.90 bits per heavy atom. The summed E-state index contributed by atoms with van der Waals surface area (Å²) in [5.74, 6) is 0. The highest BCUT2D eigenvalue weighted by atomic mass is 16.6. The highest BCUT2D eigenvalue weighted by molar-refractivity contribution is 5.66. The van der Waals surface area contributed by atoms with Crippen LogP contribution in [0.15, 0.2) is 30.3 Å². The van der Waals surface area contributed by atoms with Crippen molar-refractivity contribution in [3.05, 3.63) is 35.9 Å². The molecular weight excluding hydrogens is 266 g/mol. The first-order valence-corrected chi connectivity index (χ1v) is 7.88. The number of hydrogen-bond donors (Lipinski definition) is 1. The molecule has 0 heterocycles. The zero-order valence-electron chi connectivity index (χ0n) is 12.8. The van der Waals surface area contributed by atoms with Crippen LogP contribution in [0.3, 0.4) is 0 Å². The highest BCUT2D eigenvalue weighted by Crippen LogP contribution is 2.34. The molecule has 0 aliphatic heterocycles. The predicted octanol–water partition coefficient (Wildman–Crippen LogP) is 4.17. The van der Waals surface area contributed by atoms with Crippen molar-refractivity contribution in [2.45, 2.75) is 57.5 Å². The Labute approximate surface area is 126 Å². The van der Waals surface area contributed by atoms with E-state index in [1.54, 1.807) is 0 Å². The van der Waals surface area contributed by atoms with Gasteiger partial charge in [-0.2, -0.15) is 5.06 Å². The summed E-state index contributed by atoms with van der Waals surface area (Å²) in [5, 5.41) is 10.6. The van der Waals surface area contributed by atoms with Gasteiger partial charge < -0.3 is 4.74 Å². The summed E-state index contributed by atoms with van der Waals surface area (Å²) in [6.07, 6.45) is 6.01. The molecule has 0 aromatic heterocycles. The molecule has 0 saturated heterocycles. The van der Waals surface area contributed by atoms with Crippen molar-refractivity contribution in [3.8, 4) is 0 Å². The van der Waals surface area contributed by atoms with Crippen molar-refractivity contribution in [2.24, 2.45) is 0 Å². The molecule has 1 N–H and O–H groups in total. The van der Waals surface area contributed by atoms with Crippen LogP contribution in [0.4, 0.5) is 4.79 Å². The predicted molar refractivity (Wildman–Crippen MR) is 81.2 cm³/mol. The van der Waals surface area contributed by atoms with Crippen LogP contribution < -0.4 is 0 Å². The van der Waals surface area contributed by atoms with E-state index >= 15 is 0 Å². The smallest absolute Gasteiger partial charge is 0.434 e. The first kappa shape index (κ1) is 15.8. The number of hydrogen-bond acceptors (Lipinski definition) is 3. The summed E-state index contributed by atoms with van der Waals surface area (Å²) in [4.78, 5) is 12.1. The van der Waals surface area contributed by atoms with Crippen LogP contribution in [-0.2, 0) is 11.2 Å². The summed E-state index contributed by atoms with van der Waals surface area (Å²) in [5.41, 5.74) is 0.718. The second-order valence-corrected chi connectivity index (χ2v) is 5.82. The molecule has 4 nitrogen and oxygen atoms in total. The first-order valence-electron chi connectivity index (χ1n) is 7.88. The lowest BCUT2D eigenvalue weighted by atomic mass is 9.83. The number of nitrogens with zero attached hydrogens (tertiary/aromatic N) is 1. The SMILES string of the molecule is CCC1(OC(=O)N(O)CCc2ccccc2)CCCCC1. The van der Waals surface area contributed by atoms with Crippen molar-refractivity contribution in [1.82, 2.24) is 5.06 Å². The number of amides is 1. The molecule has 1 aromatic rings. The molecule has 1 saturated carbocycles. The quantitative estimate of drug-likeness (QED) is 0.654. The third-order valence-electron chi connectivity index (χ3n) is 4.38. The molecule has 1 fully saturated rings. The van der Waals surface area contributed by atoms with E-state index < -0.39 is 6.09 Å². The average Bonchev–Trinajstić information content (AvgIpc) is 2.54. The second-order valence-electron chi connectivity index (χ2n) is 5.82. The largest absolute Gasteiger partial charge is 0.441 e. The van der Waals surface area contributed by atoms with Gasteiger partial charge in [0.25, 0.3) is 0 Å². The van der Waals surface area contributed by atoms with Gasteiger partial charge >= 0.3 is 6.09 Å². The summed E-state index contributed by atoms with van der Waals surface area (Å²) in [7, 11) is 0. The molecule has 0 radical (unpaired) electrons. The second kappa shape index (κ2) is 7.46. The number of benzene rings is 1. The molecule has 0 unspecified atom stereocenters. The van der Waals surface area contributed by atoms with E-state index in [4.69, 9.17) is 4.74 Å². The van der Waals surface area contributed by atoms with Crippen LogP contribution in [0.25, 0.3) is 0 Å². The van der Waals surface area contributed by atoms with Crippen molar-refractivity contribution in [1.29, 1.82) is 0 Å². The van der Waals surface area contributed by atoms with E-state index in [0.29, 0.717) is 11.5 Å². The average molecular weight is 291 g/mol. The molecule has 0 atom stereocenters. The Morgan fingerprint density at radius 1 is 1.24 bits per heavy atom. The van der Waals surface area contributed by atoms with Gasteiger partial charge in [-0.25, -0.2) is 4.79 Å². The molecule has 4 heteroatoms. The fourth-order valence-corrected chi connectivity index (χ4v) is 2.93. The highest BCUT2D eigenvalue weighted by Gasteiger charge is 2.35. The molecule has 21 heavy (non-hydrogen) atoms. The maximum absolute atomic E-state index is 12.1. The standard InChI is InChI=1S/C17H25NO3/c1-2-17(12-7-4-8-13-17)21-16(19)18(20)14-11-15-9-5-3-6-10-15/h3,5-6,9-10,20H,2,4,7-8,11-14H2,1H3. The van der Waals surface area contributed by atoms with Crippen LogP contribution >= 0.6 is 0 Å². The molecule has 1 amide bonds. The Morgan fingerprint density at radius 3 is 2.52 bits per heavy atom. The van der Waals surface area contributed by atoms with Crippen molar-refractivity contribution in [2.75, 3.05) is 6.54 Å². The van der Waals surface area contributed by atoms with Crippen LogP contribution in [0.5, 0.6) is 0 Å². The Bertz CT molecular complexity index is 441. The summed E-state index contributed by atoms with van der Waals surface area (Å²) in [6, 6.07) is 9.80. The van der Waals surface area contributed by atoms with Gasteiger partial charge in [-0.3, -0.25) is 5.21 Å². The zero-order chi connectivity index (χ0) is 15.1. The number of carbonyl (C=O) groups excluding carboxylic acids is 1. The number of rotatable bonds is 5. The van der Waals surface area contributed by atoms with Crippen LogP contribution in [-0.4, -0.2) is 28.5 Å². The molecule has 1 aliphatic rings. The van der Waals surface area contributed by atoms with Gasteiger partial charge in [-0.05, 0) is 44.1 Å². The van der Waals surface area contributed by atoms with Gasteiger partial charge in [0.1, 0.15) is 5.60 Å². The lowest BCUT2D eigenvalue weighted by Gasteiger charge is -2.36. The van der Waals surface area contributed by atoms with E-state index in [1.807, 2.05) is 37.3 Å². The summed E-state index contributed by atoms with van der Waals surface area (Å²) < 4.78 is 5.62. The number of hydroxylamine groups is 2.